The molecule has 0 fully saturated rings. The molecule has 0 aliphatic rings. The molecule has 0 radical (unpaired) electrons. The number of ether oxygens (including phenoxy) is 1. The van der Waals surface area contributed by atoms with Crippen molar-refractivity contribution in [2.45, 2.75) is 6.92 Å². The van der Waals surface area contributed by atoms with E-state index in [0.717, 1.165) is 16.8 Å². The molecule has 102 valence electrons. The molecule has 0 heterocycles. The first-order valence-corrected chi connectivity index (χ1v) is 7.16. The molecule has 0 saturated carbocycles. The Hall–Kier alpha value is -1.69. The molecule has 0 aromatic heterocycles. The normalized spacial score (nSPS) is 10.8. The van der Waals surface area contributed by atoms with Gasteiger partial charge in [0.15, 0.2) is 0 Å². The van der Waals surface area contributed by atoms with Crippen LogP contribution in [0.4, 0.5) is 5.69 Å². The summed E-state index contributed by atoms with van der Waals surface area (Å²) in [7, 11) is 1.37. The zero-order valence-electron chi connectivity index (χ0n) is 11.3. The maximum atomic E-state index is 11.3. The van der Waals surface area contributed by atoms with E-state index in [0.29, 0.717) is 5.56 Å². The molecule has 2 rings (SSSR count). The molecular weight excluding hydrogens is 365 g/mol. The summed E-state index contributed by atoms with van der Waals surface area (Å²) in [5, 5.41) is 0. The predicted molar refractivity (Wildman–Crippen MR) is 88.9 cm³/mol. The number of hydrogen-bond donors (Lipinski definition) is 0. The number of rotatable bonds is 3. The van der Waals surface area contributed by atoms with Gasteiger partial charge in [0.05, 0.1) is 18.4 Å². The minimum absolute atomic E-state index is 0.332. The third-order valence-electron chi connectivity index (χ3n) is 2.84. The van der Waals surface area contributed by atoms with Crippen molar-refractivity contribution < 1.29 is 9.53 Å². The first kappa shape index (κ1) is 14.7. The largest absolute Gasteiger partial charge is 0.465 e. The molecule has 20 heavy (non-hydrogen) atoms. The number of carbonyl (C=O) groups is 1. The van der Waals surface area contributed by atoms with Crippen LogP contribution in [0.2, 0.25) is 0 Å². The van der Waals surface area contributed by atoms with Gasteiger partial charge in [0.2, 0.25) is 0 Å². The standard InChI is InChI=1S/C16H14INO2/c1-11-9-14(17)7-8-15(11)18-10-12-3-5-13(6-4-12)16(19)20-2/h3-10H,1-2H3. The summed E-state index contributed by atoms with van der Waals surface area (Å²) in [5.41, 5.74) is 3.56. The van der Waals surface area contributed by atoms with Crippen molar-refractivity contribution >= 4 is 40.5 Å². The van der Waals surface area contributed by atoms with Gasteiger partial charge in [-0.25, -0.2) is 4.79 Å². The van der Waals surface area contributed by atoms with Crippen molar-refractivity contribution in [3.05, 3.63) is 62.7 Å². The fraction of sp³-hybridized carbons (Fsp3) is 0.125. The van der Waals surface area contributed by atoms with Crippen LogP contribution in [0.5, 0.6) is 0 Å². The van der Waals surface area contributed by atoms with Crippen LogP contribution < -0.4 is 0 Å². The Bertz CT molecular complexity index is 648. The number of halogens is 1. The monoisotopic (exact) mass is 379 g/mol. The van der Waals surface area contributed by atoms with Gasteiger partial charge in [-0.1, -0.05) is 12.1 Å². The molecule has 0 amide bonds. The highest BCUT2D eigenvalue weighted by Crippen LogP contribution is 2.20. The predicted octanol–water partition coefficient (Wildman–Crippen LogP) is 4.14. The Kier molecular flexibility index (Phi) is 4.89. The van der Waals surface area contributed by atoms with Crippen LogP contribution in [-0.2, 0) is 4.74 Å². The van der Waals surface area contributed by atoms with Crippen LogP contribution in [0.3, 0.4) is 0 Å². The Balaban J connectivity index is 2.17. The molecule has 0 aliphatic heterocycles. The van der Waals surface area contributed by atoms with Gasteiger partial charge in [0, 0.05) is 9.78 Å². The van der Waals surface area contributed by atoms with Gasteiger partial charge in [0.25, 0.3) is 0 Å². The van der Waals surface area contributed by atoms with E-state index >= 15 is 0 Å². The summed E-state index contributed by atoms with van der Waals surface area (Å²) >= 11 is 2.28. The zero-order valence-corrected chi connectivity index (χ0v) is 13.4. The van der Waals surface area contributed by atoms with Gasteiger partial charge in [-0.3, -0.25) is 4.99 Å². The zero-order chi connectivity index (χ0) is 14.5. The molecule has 3 nitrogen and oxygen atoms in total. The lowest BCUT2D eigenvalue weighted by Gasteiger charge is -2.01. The van der Waals surface area contributed by atoms with Crippen LogP contribution in [0, 0.1) is 10.5 Å². The van der Waals surface area contributed by atoms with Crippen molar-refractivity contribution in [2.24, 2.45) is 4.99 Å². The van der Waals surface area contributed by atoms with Crippen molar-refractivity contribution in [3.8, 4) is 0 Å². The number of benzene rings is 2. The lowest BCUT2D eigenvalue weighted by Crippen LogP contribution is -2.00. The second kappa shape index (κ2) is 6.65. The first-order valence-electron chi connectivity index (χ1n) is 6.09. The maximum absolute atomic E-state index is 11.3. The van der Waals surface area contributed by atoms with E-state index in [1.165, 1.54) is 10.7 Å². The minimum Gasteiger partial charge on any atom is -0.465 e. The van der Waals surface area contributed by atoms with Gasteiger partial charge in [-0.05, 0) is 71.0 Å². The molecule has 0 unspecified atom stereocenters. The van der Waals surface area contributed by atoms with Crippen molar-refractivity contribution in [3.63, 3.8) is 0 Å². The van der Waals surface area contributed by atoms with Gasteiger partial charge in [-0.15, -0.1) is 0 Å². The Morgan fingerprint density at radius 1 is 1.20 bits per heavy atom. The number of carbonyl (C=O) groups excluding carboxylic acids is 1. The fourth-order valence-corrected chi connectivity index (χ4v) is 2.38. The van der Waals surface area contributed by atoms with E-state index in [2.05, 4.69) is 38.4 Å². The van der Waals surface area contributed by atoms with Crippen LogP contribution in [0.25, 0.3) is 0 Å². The highest BCUT2D eigenvalue weighted by Gasteiger charge is 2.03. The number of aryl methyl sites for hydroxylation is 1. The average molecular weight is 379 g/mol. The third kappa shape index (κ3) is 3.66. The fourth-order valence-electron chi connectivity index (χ4n) is 1.73. The number of hydrogen-bond acceptors (Lipinski definition) is 3. The smallest absolute Gasteiger partial charge is 0.337 e. The van der Waals surface area contributed by atoms with E-state index < -0.39 is 0 Å². The molecule has 0 saturated heterocycles. The SMILES string of the molecule is COC(=O)c1ccc(C=Nc2ccc(I)cc2C)cc1. The summed E-state index contributed by atoms with van der Waals surface area (Å²) in [6.07, 6.45) is 1.79. The Morgan fingerprint density at radius 3 is 2.50 bits per heavy atom. The molecule has 0 bridgehead atoms. The van der Waals surface area contributed by atoms with E-state index in [-0.39, 0.29) is 5.97 Å². The van der Waals surface area contributed by atoms with Gasteiger partial charge in [0.1, 0.15) is 0 Å². The minimum atomic E-state index is -0.332. The second-order valence-electron chi connectivity index (χ2n) is 4.30. The molecule has 2 aromatic rings. The highest BCUT2D eigenvalue weighted by molar-refractivity contribution is 14.1. The van der Waals surface area contributed by atoms with Crippen LogP contribution >= 0.6 is 22.6 Å². The molecule has 0 spiro atoms. The van der Waals surface area contributed by atoms with Gasteiger partial charge >= 0.3 is 5.97 Å². The molecule has 0 aliphatic carbocycles. The summed E-state index contributed by atoms with van der Waals surface area (Å²) in [6.45, 7) is 2.04. The average Bonchev–Trinajstić information content (AvgIpc) is 2.46. The van der Waals surface area contributed by atoms with E-state index in [9.17, 15) is 4.79 Å². The van der Waals surface area contributed by atoms with Crippen LogP contribution in [0.15, 0.2) is 47.5 Å². The lowest BCUT2D eigenvalue weighted by atomic mass is 10.1. The maximum Gasteiger partial charge on any atom is 0.337 e. The van der Waals surface area contributed by atoms with Crippen LogP contribution in [0.1, 0.15) is 21.5 Å². The Morgan fingerprint density at radius 2 is 1.90 bits per heavy atom. The van der Waals surface area contributed by atoms with Crippen molar-refractivity contribution in [2.75, 3.05) is 7.11 Å². The highest BCUT2D eigenvalue weighted by atomic mass is 127. The molecular formula is C16H14INO2. The van der Waals surface area contributed by atoms with E-state index in [1.54, 1.807) is 18.3 Å². The number of methoxy groups -OCH3 is 1. The summed E-state index contributed by atoms with van der Waals surface area (Å²) in [4.78, 5) is 15.8. The third-order valence-corrected chi connectivity index (χ3v) is 3.51. The van der Waals surface area contributed by atoms with Crippen LogP contribution in [-0.4, -0.2) is 19.3 Å². The first-order chi connectivity index (χ1) is 9.60. The van der Waals surface area contributed by atoms with Gasteiger partial charge in [-0.2, -0.15) is 0 Å². The summed E-state index contributed by atoms with van der Waals surface area (Å²) in [6, 6.07) is 13.3. The van der Waals surface area contributed by atoms with Crippen molar-refractivity contribution in [1.82, 2.24) is 0 Å². The van der Waals surface area contributed by atoms with Gasteiger partial charge < -0.3 is 4.74 Å². The number of aliphatic imine (C=N–C) groups is 1. The second-order valence-corrected chi connectivity index (χ2v) is 5.55. The molecule has 0 atom stereocenters. The number of esters is 1. The summed E-state index contributed by atoms with van der Waals surface area (Å²) in [5.74, 6) is -0.332. The lowest BCUT2D eigenvalue weighted by molar-refractivity contribution is 0.0601. The molecule has 0 N–H and O–H groups in total. The quantitative estimate of drug-likeness (QED) is 0.457. The Labute approximate surface area is 131 Å². The number of nitrogens with zero attached hydrogens (tertiary/aromatic N) is 1. The van der Waals surface area contributed by atoms with E-state index in [1.807, 2.05) is 31.2 Å². The van der Waals surface area contributed by atoms with E-state index in [4.69, 9.17) is 0 Å². The molecule has 2 aromatic carbocycles. The topological polar surface area (TPSA) is 38.7 Å². The van der Waals surface area contributed by atoms with Crippen molar-refractivity contribution in [1.29, 1.82) is 0 Å². The molecule has 4 heteroatoms. The summed E-state index contributed by atoms with van der Waals surface area (Å²) < 4.78 is 5.85.